The second kappa shape index (κ2) is 8.13. The fraction of sp³-hybridized carbons (Fsp3) is 0.233. The number of hydrogen-bond donors (Lipinski definition) is 0. The van der Waals surface area contributed by atoms with Crippen molar-refractivity contribution in [2.24, 2.45) is 0 Å². The van der Waals surface area contributed by atoms with Crippen molar-refractivity contribution in [1.82, 2.24) is 4.90 Å². The number of hydrogen-bond acceptors (Lipinski definition) is 4. The molecular weight excluding hydrogens is 471 g/mol. The van der Waals surface area contributed by atoms with Gasteiger partial charge in [0.25, 0.3) is 11.8 Å². The summed E-state index contributed by atoms with van der Waals surface area (Å²) < 4.78 is 19.8. The molecular formula is C30H25FN2O4. The van der Waals surface area contributed by atoms with Crippen LogP contribution in [0.5, 0.6) is 0 Å². The molecule has 2 aliphatic rings. The maximum atomic E-state index is 14.4. The van der Waals surface area contributed by atoms with E-state index in [2.05, 4.69) is 0 Å². The lowest BCUT2D eigenvalue weighted by Gasteiger charge is -2.34. The standard InChI is InChI=1S/C30H25FN2O4/c1-4-13-32-23-8-6-5-7-22(23)30(29(32)36)25-26(34)21-14-17(2)18(3)15-24(21)37-27(25)28(35)33(30)16-19-9-11-20(31)12-10-19/h5-12,14-15H,4,13,16H2,1-3H3. The molecule has 0 fully saturated rings. The number of carbonyl (C=O) groups is 2. The highest BCUT2D eigenvalue weighted by Gasteiger charge is 2.64. The van der Waals surface area contributed by atoms with E-state index in [1.54, 1.807) is 41.3 Å². The van der Waals surface area contributed by atoms with Gasteiger partial charge in [-0.25, -0.2) is 4.39 Å². The largest absolute Gasteiger partial charge is 0.450 e. The molecule has 0 bridgehead atoms. The van der Waals surface area contributed by atoms with Crippen molar-refractivity contribution in [2.75, 3.05) is 11.4 Å². The molecule has 1 atom stereocenters. The summed E-state index contributed by atoms with van der Waals surface area (Å²) in [6.45, 7) is 6.21. The van der Waals surface area contributed by atoms with Crippen LogP contribution >= 0.6 is 0 Å². The SMILES string of the molecule is CCCN1C(=O)C2(c3ccccc31)c1c(oc3cc(C)c(C)cc3c1=O)C(=O)N2Cc1ccc(F)cc1. The van der Waals surface area contributed by atoms with E-state index >= 15 is 0 Å². The van der Waals surface area contributed by atoms with Crippen LogP contribution in [-0.2, 0) is 16.9 Å². The Morgan fingerprint density at radius 3 is 2.38 bits per heavy atom. The second-order valence-corrected chi connectivity index (χ2v) is 9.77. The molecule has 0 N–H and O–H groups in total. The predicted octanol–water partition coefficient (Wildman–Crippen LogP) is 5.21. The van der Waals surface area contributed by atoms with Crippen molar-refractivity contribution in [2.45, 2.75) is 39.3 Å². The number of amides is 2. The number of aryl methyl sites for hydroxylation is 2. The maximum Gasteiger partial charge on any atom is 0.291 e. The van der Waals surface area contributed by atoms with E-state index in [0.717, 1.165) is 11.1 Å². The first kappa shape index (κ1) is 23.2. The summed E-state index contributed by atoms with van der Waals surface area (Å²) in [7, 11) is 0. The highest BCUT2D eigenvalue weighted by Crippen LogP contribution is 2.53. The lowest BCUT2D eigenvalue weighted by molar-refractivity contribution is -0.126. The molecule has 7 heteroatoms. The molecule has 4 aromatic rings. The minimum Gasteiger partial charge on any atom is -0.450 e. The Labute approximate surface area is 212 Å². The molecule has 37 heavy (non-hydrogen) atoms. The number of nitrogens with zero attached hydrogens (tertiary/aromatic N) is 2. The first-order valence-electron chi connectivity index (χ1n) is 12.4. The van der Waals surface area contributed by atoms with Crippen molar-refractivity contribution < 1.29 is 18.4 Å². The van der Waals surface area contributed by atoms with Crippen LogP contribution in [0.2, 0.25) is 0 Å². The van der Waals surface area contributed by atoms with Crippen molar-refractivity contribution in [3.05, 3.63) is 110 Å². The van der Waals surface area contributed by atoms with Crippen LogP contribution in [0.4, 0.5) is 10.1 Å². The maximum absolute atomic E-state index is 14.4. The fourth-order valence-corrected chi connectivity index (χ4v) is 5.69. The third-order valence-electron chi connectivity index (χ3n) is 7.55. The minimum absolute atomic E-state index is 0.00278. The summed E-state index contributed by atoms with van der Waals surface area (Å²) in [5, 5.41) is 0.330. The zero-order chi connectivity index (χ0) is 26.1. The summed E-state index contributed by atoms with van der Waals surface area (Å²) in [6.07, 6.45) is 0.694. The zero-order valence-electron chi connectivity index (χ0n) is 20.8. The highest BCUT2D eigenvalue weighted by molar-refractivity contribution is 6.17. The first-order valence-corrected chi connectivity index (χ1v) is 12.4. The van der Waals surface area contributed by atoms with Gasteiger partial charge in [-0.3, -0.25) is 14.4 Å². The number of para-hydroxylation sites is 1. The third kappa shape index (κ3) is 3.06. The number of anilines is 1. The smallest absolute Gasteiger partial charge is 0.291 e. The summed E-state index contributed by atoms with van der Waals surface area (Å²) >= 11 is 0. The molecule has 0 saturated heterocycles. The third-order valence-corrected chi connectivity index (χ3v) is 7.55. The van der Waals surface area contributed by atoms with Gasteiger partial charge >= 0.3 is 0 Å². The highest BCUT2D eigenvalue weighted by atomic mass is 19.1. The molecule has 2 aliphatic heterocycles. The summed E-state index contributed by atoms with van der Waals surface area (Å²) in [6, 6.07) is 16.6. The van der Waals surface area contributed by atoms with Crippen LogP contribution in [0.25, 0.3) is 11.0 Å². The van der Waals surface area contributed by atoms with Crippen LogP contribution in [0.1, 0.15) is 51.7 Å². The Bertz CT molecular complexity index is 1670. The Morgan fingerprint density at radius 2 is 1.65 bits per heavy atom. The average Bonchev–Trinajstić information content (AvgIpc) is 3.27. The molecule has 0 aliphatic carbocycles. The van der Waals surface area contributed by atoms with Crippen LogP contribution < -0.4 is 10.3 Å². The number of carbonyl (C=O) groups excluding carboxylic acids is 2. The lowest BCUT2D eigenvalue weighted by atomic mass is 9.83. The van der Waals surface area contributed by atoms with Crippen LogP contribution in [-0.4, -0.2) is 23.3 Å². The summed E-state index contributed by atoms with van der Waals surface area (Å²) in [5.41, 5.74) is 1.98. The second-order valence-electron chi connectivity index (χ2n) is 9.77. The molecule has 6 rings (SSSR count). The van der Waals surface area contributed by atoms with Crippen LogP contribution in [0.3, 0.4) is 0 Å². The van der Waals surface area contributed by atoms with E-state index < -0.39 is 22.7 Å². The molecule has 1 unspecified atom stereocenters. The number of benzene rings is 3. The van der Waals surface area contributed by atoms with Gasteiger partial charge < -0.3 is 14.2 Å². The van der Waals surface area contributed by atoms with E-state index in [-0.39, 0.29) is 23.8 Å². The number of fused-ring (bicyclic) bond motifs is 5. The van der Waals surface area contributed by atoms with Gasteiger partial charge in [-0.1, -0.05) is 37.3 Å². The summed E-state index contributed by atoms with van der Waals surface area (Å²) in [4.78, 5) is 45.8. The molecule has 0 radical (unpaired) electrons. The van der Waals surface area contributed by atoms with Crippen LogP contribution in [0.15, 0.2) is 69.9 Å². The normalized spacial score (nSPS) is 18.3. The van der Waals surface area contributed by atoms with Gasteiger partial charge in [0, 0.05) is 18.7 Å². The monoisotopic (exact) mass is 496 g/mol. The fourth-order valence-electron chi connectivity index (χ4n) is 5.69. The van der Waals surface area contributed by atoms with Gasteiger partial charge in [-0.15, -0.1) is 0 Å². The molecule has 1 aromatic heterocycles. The minimum atomic E-state index is -1.68. The molecule has 0 saturated carbocycles. The van der Waals surface area contributed by atoms with Gasteiger partial charge in [0.2, 0.25) is 5.76 Å². The Morgan fingerprint density at radius 1 is 0.946 bits per heavy atom. The average molecular weight is 497 g/mol. The van der Waals surface area contributed by atoms with Crippen molar-refractivity contribution in [3.63, 3.8) is 0 Å². The number of halogens is 1. The quantitative estimate of drug-likeness (QED) is 0.389. The lowest BCUT2D eigenvalue weighted by Crippen LogP contribution is -2.53. The molecule has 1 spiro atoms. The zero-order valence-corrected chi connectivity index (χ0v) is 20.8. The van der Waals surface area contributed by atoms with E-state index in [1.165, 1.54) is 17.0 Å². The van der Waals surface area contributed by atoms with Gasteiger partial charge in [-0.2, -0.15) is 0 Å². The predicted molar refractivity (Wildman–Crippen MR) is 138 cm³/mol. The first-order chi connectivity index (χ1) is 17.8. The Kier molecular flexibility index (Phi) is 5.09. The van der Waals surface area contributed by atoms with Crippen LogP contribution in [0, 0.1) is 19.7 Å². The van der Waals surface area contributed by atoms with Crippen molar-refractivity contribution in [3.8, 4) is 0 Å². The van der Waals surface area contributed by atoms with Crippen molar-refractivity contribution >= 4 is 28.5 Å². The Hall–Kier alpha value is -4.26. The molecule has 6 nitrogen and oxygen atoms in total. The summed E-state index contributed by atoms with van der Waals surface area (Å²) in [5.74, 6) is -1.43. The van der Waals surface area contributed by atoms with E-state index in [1.807, 2.05) is 32.9 Å². The molecule has 186 valence electrons. The molecule has 2 amide bonds. The molecule has 3 aromatic carbocycles. The van der Waals surface area contributed by atoms with Gasteiger partial charge in [0.15, 0.2) is 11.0 Å². The molecule has 3 heterocycles. The van der Waals surface area contributed by atoms with Gasteiger partial charge in [0.1, 0.15) is 11.4 Å². The topological polar surface area (TPSA) is 70.8 Å². The van der Waals surface area contributed by atoms with Gasteiger partial charge in [0.05, 0.1) is 16.6 Å². The Balaban J connectivity index is 1.70. The van der Waals surface area contributed by atoms with E-state index in [0.29, 0.717) is 40.7 Å². The van der Waals surface area contributed by atoms with Gasteiger partial charge in [-0.05, 0) is 67.3 Å². The van der Waals surface area contributed by atoms with E-state index in [4.69, 9.17) is 4.42 Å². The van der Waals surface area contributed by atoms with Crippen molar-refractivity contribution in [1.29, 1.82) is 0 Å². The number of rotatable bonds is 4. The van der Waals surface area contributed by atoms with E-state index in [9.17, 15) is 18.8 Å².